The quantitative estimate of drug-likeness (QED) is 0.735. The Morgan fingerprint density at radius 3 is 2.58 bits per heavy atom. The minimum absolute atomic E-state index is 0.949. The number of aromatic nitrogens is 4. The van der Waals surface area contributed by atoms with Gasteiger partial charge in [0.1, 0.15) is 12.1 Å². The summed E-state index contributed by atoms with van der Waals surface area (Å²) in [6.07, 6.45) is 3.72. The second kappa shape index (κ2) is 6.57. The van der Waals surface area contributed by atoms with Crippen molar-refractivity contribution in [2.75, 3.05) is 37.6 Å². The molecule has 0 spiro atoms. The van der Waals surface area contributed by atoms with Gasteiger partial charge in [-0.1, -0.05) is 12.1 Å². The highest BCUT2D eigenvalue weighted by molar-refractivity contribution is 5.89. The van der Waals surface area contributed by atoms with Crippen molar-refractivity contribution in [3.8, 4) is 0 Å². The summed E-state index contributed by atoms with van der Waals surface area (Å²) in [5.41, 5.74) is 2.09. The molecule has 1 aromatic carbocycles. The second-order valence-electron chi connectivity index (χ2n) is 6.26. The number of nitrogens with zero attached hydrogens (tertiary/aromatic N) is 6. The van der Waals surface area contributed by atoms with E-state index < -0.39 is 0 Å². The van der Waals surface area contributed by atoms with E-state index in [2.05, 4.69) is 49.3 Å². The highest BCUT2D eigenvalue weighted by atomic mass is 15.3. The fourth-order valence-electron chi connectivity index (χ4n) is 3.26. The zero-order valence-corrected chi connectivity index (χ0v) is 14.0. The summed E-state index contributed by atoms with van der Waals surface area (Å²) in [7, 11) is 0. The maximum absolute atomic E-state index is 4.53. The largest absolute Gasteiger partial charge is 0.353 e. The maximum atomic E-state index is 4.53. The second-order valence-corrected chi connectivity index (χ2v) is 6.26. The Bertz CT molecular complexity index is 814. The summed E-state index contributed by atoms with van der Waals surface area (Å²) in [6.45, 7) is 8.13. The average Bonchev–Trinajstić information content (AvgIpc) is 3.05. The summed E-state index contributed by atoms with van der Waals surface area (Å²) >= 11 is 0. The van der Waals surface area contributed by atoms with Gasteiger partial charge in [0.2, 0.25) is 0 Å². The number of rotatable bonds is 4. The molecule has 3 heterocycles. The minimum Gasteiger partial charge on any atom is -0.353 e. The molecule has 0 N–H and O–H groups in total. The lowest BCUT2D eigenvalue weighted by Gasteiger charge is -2.35. The molecule has 1 saturated heterocycles. The molecule has 0 amide bonds. The first-order valence-electron chi connectivity index (χ1n) is 8.47. The van der Waals surface area contributed by atoms with E-state index in [1.54, 1.807) is 6.33 Å². The van der Waals surface area contributed by atoms with Crippen molar-refractivity contribution in [2.24, 2.45) is 0 Å². The Kier molecular flexibility index (Phi) is 4.13. The summed E-state index contributed by atoms with van der Waals surface area (Å²) in [5, 5.41) is 5.59. The first kappa shape index (κ1) is 15.1. The Hall–Kier alpha value is -2.47. The van der Waals surface area contributed by atoms with Gasteiger partial charge in [-0.25, -0.2) is 9.97 Å². The van der Waals surface area contributed by atoms with Crippen LogP contribution in [0.1, 0.15) is 5.69 Å². The number of para-hydroxylation sites is 1. The fraction of sp³-hybridized carbons (Fsp3) is 0.389. The zero-order valence-electron chi connectivity index (χ0n) is 14.0. The van der Waals surface area contributed by atoms with Gasteiger partial charge in [-0.3, -0.25) is 9.58 Å². The fourth-order valence-corrected chi connectivity index (χ4v) is 3.26. The molecule has 1 fully saturated rings. The van der Waals surface area contributed by atoms with Crippen molar-refractivity contribution in [2.45, 2.75) is 13.5 Å². The summed E-state index contributed by atoms with van der Waals surface area (Å²) in [4.78, 5) is 13.8. The Morgan fingerprint density at radius 1 is 0.958 bits per heavy atom. The molecule has 24 heavy (non-hydrogen) atoms. The van der Waals surface area contributed by atoms with Crippen molar-refractivity contribution in [1.29, 1.82) is 0 Å². The molecule has 6 heteroatoms. The average molecular weight is 322 g/mol. The molecule has 4 rings (SSSR count). The third-order valence-electron chi connectivity index (χ3n) is 4.61. The van der Waals surface area contributed by atoms with Gasteiger partial charge in [0.15, 0.2) is 0 Å². The van der Waals surface area contributed by atoms with Crippen molar-refractivity contribution in [1.82, 2.24) is 24.6 Å². The molecule has 0 unspecified atom stereocenters. The third kappa shape index (κ3) is 3.10. The minimum atomic E-state index is 0.949. The lowest BCUT2D eigenvalue weighted by atomic mass is 10.2. The Labute approximate surface area is 141 Å². The van der Waals surface area contributed by atoms with Crippen LogP contribution in [0.2, 0.25) is 0 Å². The monoisotopic (exact) mass is 322 g/mol. The SMILES string of the molecule is Cc1ccn(CCN2CCN(c3ncnc4ccccc34)CC2)n1. The molecule has 1 aliphatic heterocycles. The summed E-state index contributed by atoms with van der Waals surface area (Å²) < 4.78 is 2.03. The van der Waals surface area contributed by atoms with Crippen molar-refractivity contribution in [3.05, 3.63) is 48.5 Å². The van der Waals surface area contributed by atoms with Crippen molar-refractivity contribution >= 4 is 16.7 Å². The molecule has 2 aromatic heterocycles. The van der Waals surface area contributed by atoms with Crippen LogP contribution >= 0.6 is 0 Å². The molecule has 1 aliphatic rings. The normalized spacial score (nSPS) is 16.0. The predicted molar refractivity (Wildman–Crippen MR) is 95.2 cm³/mol. The lowest BCUT2D eigenvalue weighted by Crippen LogP contribution is -2.47. The van der Waals surface area contributed by atoms with Crippen LogP contribution in [0.25, 0.3) is 10.9 Å². The van der Waals surface area contributed by atoms with Crippen LogP contribution in [0.5, 0.6) is 0 Å². The molecule has 124 valence electrons. The van der Waals surface area contributed by atoms with Gasteiger partial charge in [0.05, 0.1) is 17.8 Å². The van der Waals surface area contributed by atoms with Crippen LogP contribution in [0, 0.1) is 6.92 Å². The molecule has 6 nitrogen and oxygen atoms in total. The Balaban J connectivity index is 1.38. The number of fused-ring (bicyclic) bond motifs is 1. The zero-order chi connectivity index (χ0) is 16.4. The number of anilines is 1. The molecule has 0 saturated carbocycles. The molecule has 0 bridgehead atoms. The highest BCUT2D eigenvalue weighted by Crippen LogP contribution is 2.23. The van der Waals surface area contributed by atoms with Gasteiger partial charge in [0.25, 0.3) is 0 Å². The molecule has 3 aromatic rings. The maximum Gasteiger partial charge on any atom is 0.139 e. The van der Waals surface area contributed by atoms with Crippen molar-refractivity contribution in [3.63, 3.8) is 0 Å². The summed E-state index contributed by atoms with van der Waals surface area (Å²) in [6, 6.07) is 10.3. The van der Waals surface area contributed by atoms with Gasteiger partial charge >= 0.3 is 0 Å². The van der Waals surface area contributed by atoms with Gasteiger partial charge < -0.3 is 4.90 Å². The van der Waals surface area contributed by atoms with Crippen LogP contribution in [0.3, 0.4) is 0 Å². The van der Waals surface area contributed by atoms with Crippen LogP contribution < -0.4 is 4.90 Å². The molecule has 0 aliphatic carbocycles. The number of piperazine rings is 1. The Morgan fingerprint density at radius 2 is 1.79 bits per heavy atom. The van der Waals surface area contributed by atoms with E-state index in [0.717, 1.165) is 61.7 Å². The van der Waals surface area contributed by atoms with Gasteiger partial charge in [-0.2, -0.15) is 5.10 Å². The van der Waals surface area contributed by atoms with Crippen LogP contribution in [0.15, 0.2) is 42.9 Å². The van der Waals surface area contributed by atoms with Crippen LogP contribution in [-0.4, -0.2) is 57.4 Å². The van der Waals surface area contributed by atoms with Gasteiger partial charge in [-0.05, 0) is 25.1 Å². The molecule has 0 atom stereocenters. The van der Waals surface area contributed by atoms with Crippen LogP contribution in [-0.2, 0) is 6.54 Å². The van der Waals surface area contributed by atoms with E-state index in [9.17, 15) is 0 Å². The number of hydrogen-bond acceptors (Lipinski definition) is 5. The predicted octanol–water partition coefficient (Wildman–Crippen LogP) is 1.96. The first-order chi connectivity index (χ1) is 11.8. The smallest absolute Gasteiger partial charge is 0.139 e. The van der Waals surface area contributed by atoms with E-state index in [-0.39, 0.29) is 0 Å². The highest BCUT2D eigenvalue weighted by Gasteiger charge is 2.19. The molecular weight excluding hydrogens is 300 g/mol. The first-order valence-corrected chi connectivity index (χ1v) is 8.47. The van der Waals surface area contributed by atoms with E-state index >= 15 is 0 Å². The van der Waals surface area contributed by atoms with E-state index in [4.69, 9.17) is 0 Å². The molecular formula is C18H22N6. The number of hydrogen-bond donors (Lipinski definition) is 0. The standard InChI is InChI=1S/C18H22N6/c1-15-6-7-24(21-15)13-10-22-8-11-23(12-9-22)18-16-4-2-3-5-17(16)19-14-20-18/h2-7,14H,8-13H2,1H3. The van der Waals surface area contributed by atoms with E-state index in [0.29, 0.717) is 0 Å². The van der Waals surface area contributed by atoms with Gasteiger partial charge in [-0.15, -0.1) is 0 Å². The van der Waals surface area contributed by atoms with Crippen LogP contribution in [0.4, 0.5) is 5.82 Å². The van der Waals surface area contributed by atoms with E-state index in [1.165, 1.54) is 0 Å². The number of benzene rings is 1. The summed E-state index contributed by atoms with van der Waals surface area (Å²) in [5.74, 6) is 1.06. The van der Waals surface area contributed by atoms with E-state index in [1.807, 2.05) is 23.7 Å². The van der Waals surface area contributed by atoms with Crippen molar-refractivity contribution < 1.29 is 0 Å². The topological polar surface area (TPSA) is 50.1 Å². The van der Waals surface area contributed by atoms with Gasteiger partial charge in [0, 0.05) is 44.3 Å². The molecule has 0 radical (unpaired) electrons. The lowest BCUT2D eigenvalue weighted by molar-refractivity contribution is 0.244. The third-order valence-corrected chi connectivity index (χ3v) is 4.61. The number of aryl methyl sites for hydroxylation is 1.